The SMILES string of the molecule is COc1cccc(C(C)(CO)Cc2ccccc2OC)c1. The highest BCUT2D eigenvalue weighted by molar-refractivity contribution is 5.39. The number of hydrogen-bond acceptors (Lipinski definition) is 3. The van der Waals surface area contributed by atoms with Crippen LogP contribution in [-0.4, -0.2) is 25.9 Å². The van der Waals surface area contributed by atoms with Crippen molar-refractivity contribution >= 4 is 0 Å². The molecule has 0 fully saturated rings. The summed E-state index contributed by atoms with van der Waals surface area (Å²) in [6.45, 7) is 2.10. The first-order chi connectivity index (χ1) is 10.1. The fraction of sp³-hybridized carbons (Fsp3) is 0.333. The Labute approximate surface area is 126 Å². The third-order valence-corrected chi connectivity index (χ3v) is 3.89. The third-order valence-electron chi connectivity index (χ3n) is 3.89. The fourth-order valence-electron chi connectivity index (χ4n) is 2.52. The number of hydrogen-bond donors (Lipinski definition) is 1. The smallest absolute Gasteiger partial charge is 0.122 e. The summed E-state index contributed by atoms with van der Waals surface area (Å²) in [6, 6.07) is 15.8. The Bertz CT molecular complexity index is 595. The van der Waals surface area contributed by atoms with Crippen LogP contribution in [0.4, 0.5) is 0 Å². The molecule has 2 aromatic rings. The van der Waals surface area contributed by atoms with E-state index in [0.29, 0.717) is 6.42 Å². The van der Waals surface area contributed by atoms with E-state index in [-0.39, 0.29) is 12.0 Å². The zero-order chi connectivity index (χ0) is 15.3. The summed E-state index contributed by atoms with van der Waals surface area (Å²) < 4.78 is 10.7. The minimum atomic E-state index is -0.386. The van der Waals surface area contributed by atoms with Gasteiger partial charge < -0.3 is 14.6 Å². The second-order valence-corrected chi connectivity index (χ2v) is 5.44. The molecule has 0 aromatic heterocycles. The van der Waals surface area contributed by atoms with Crippen LogP contribution in [0.5, 0.6) is 11.5 Å². The predicted molar refractivity (Wildman–Crippen MR) is 84.1 cm³/mol. The molecule has 0 amide bonds. The molecule has 1 N–H and O–H groups in total. The monoisotopic (exact) mass is 286 g/mol. The normalized spacial score (nSPS) is 13.5. The van der Waals surface area contributed by atoms with E-state index in [2.05, 4.69) is 0 Å². The van der Waals surface area contributed by atoms with Crippen LogP contribution >= 0.6 is 0 Å². The van der Waals surface area contributed by atoms with Gasteiger partial charge in [-0.1, -0.05) is 37.3 Å². The molecule has 0 saturated carbocycles. The molecule has 0 saturated heterocycles. The minimum absolute atomic E-state index is 0.0538. The van der Waals surface area contributed by atoms with E-state index in [4.69, 9.17) is 9.47 Å². The van der Waals surface area contributed by atoms with Crippen molar-refractivity contribution in [2.75, 3.05) is 20.8 Å². The molecule has 0 aliphatic heterocycles. The van der Waals surface area contributed by atoms with Gasteiger partial charge in [-0.2, -0.15) is 0 Å². The molecule has 1 atom stereocenters. The van der Waals surface area contributed by atoms with Crippen LogP contribution in [0.1, 0.15) is 18.1 Å². The number of ether oxygens (including phenoxy) is 2. The Morgan fingerprint density at radius 2 is 1.76 bits per heavy atom. The molecule has 0 bridgehead atoms. The van der Waals surface area contributed by atoms with Gasteiger partial charge in [0.05, 0.1) is 20.8 Å². The van der Waals surface area contributed by atoms with Crippen molar-refractivity contribution in [3.05, 3.63) is 59.7 Å². The van der Waals surface area contributed by atoms with Crippen molar-refractivity contribution in [1.82, 2.24) is 0 Å². The lowest BCUT2D eigenvalue weighted by Crippen LogP contribution is -2.29. The standard InChI is InChI=1S/C18H22O3/c1-18(13-19,15-8-6-9-16(11-15)20-2)12-14-7-4-5-10-17(14)21-3/h4-11,19H,12-13H2,1-3H3. The molecule has 2 rings (SSSR count). The molecule has 0 aliphatic rings. The molecule has 0 radical (unpaired) electrons. The van der Waals surface area contributed by atoms with E-state index in [1.807, 2.05) is 55.5 Å². The molecule has 3 nitrogen and oxygen atoms in total. The summed E-state index contributed by atoms with van der Waals surface area (Å²) in [5.74, 6) is 1.65. The van der Waals surface area contributed by atoms with E-state index >= 15 is 0 Å². The van der Waals surface area contributed by atoms with Crippen LogP contribution in [0.2, 0.25) is 0 Å². The topological polar surface area (TPSA) is 38.7 Å². The van der Waals surface area contributed by atoms with Gasteiger partial charge in [-0.15, -0.1) is 0 Å². The number of methoxy groups -OCH3 is 2. The molecule has 112 valence electrons. The zero-order valence-electron chi connectivity index (χ0n) is 12.8. The lowest BCUT2D eigenvalue weighted by molar-refractivity contribution is 0.203. The number of rotatable bonds is 6. The maximum Gasteiger partial charge on any atom is 0.122 e. The van der Waals surface area contributed by atoms with E-state index in [0.717, 1.165) is 22.6 Å². The van der Waals surface area contributed by atoms with Gasteiger partial charge in [0.15, 0.2) is 0 Å². The van der Waals surface area contributed by atoms with Crippen LogP contribution < -0.4 is 9.47 Å². The predicted octanol–water partition coefficient (Wildman–Crippen LogP) is 3.20. The maximum absolute atomic E-state index is 9.95. The molecule has 0 aliphatic carbocycles. The van der Waals surface area contributed by atoms with Crippen molar-refractivity contribution in [3.63, 3.8) is 0 Å². The molecular formula is C18H22O3. The number of para-hydroxylation sites is 1. The van der Waals surface area contributed by atoms with Crippen LogP contribution in [-0.2, 0) is 11.8 Å². The Kier molecular flexibility index (Phi) is 4.86. The first-order valence-corrected chi connectivity index (χ1v) is 7.00. The fourth-order valence-corrected chi connectivity index (χ4v) is 2.52. The first-order valence-electron chi connectivity index (χ1n) is 7.00. The Balaban J connectivity index is 2.36. The lowest BCUT2D eigenvalue weighted by Gasteiger charge is -2.29. The highest BCUT2D eigenvalue weighted by Gasteiger charge is 2.28. The van der Waals surface area contributed by atoms with Gasteiger partial charge in [0.1, 0.15) is 11.5 Å². The summed E-state index contributed by atoms with van der Waals surface area (Å²) >= 11 is 0. The minimum Gasteiger partial charge on any atom is -0.497 e. The maximum atomic E-state index is 9.95. The van der Waals surface area contributed by atoms with Crippen molar-refractivity contribution in [1.29, 1.82) is 0 Å². The molecular weight excluding hydrogens is 264 g/mol. The Morgan fingerprint density at radius 1 is 1.00 bits per heavy atom. The molecule has 3 heteroatoms. The van der Waals surface area contributed by atoms with Crippen molar-refractivity contribution in [3.8, 4) is 11.5 Å². The van der Waals surface area contributed by atoms with Gasteiger partial charge in [0.25, 0.3) is 0 Å². The summed E-state index contributed by atoms with van der Waals surface area (Å²) in [7, 11) is 3.32. The van der Waals surface area contributed by atoms with Crippen LogP contribution in [0.15, 0.2) is 48.5 Å². The Hall–Kier alpha value is -2.00. The second kappa shape index (κ2) is 6.64. The third kappa shape index (κ3) is 3.37. The molecule has 2 aromatic carbocycles. The Morgan fingerprint density at radius 3 is 2.43 bits per heavy atom. The highest BCUT2D eigenvalue weighted by atomic mass is 16.5. The summed E-state index contributed by atoms with van der Waals surface area (Å²) in [4.78, 5) is 0. The molecule has 0 heterocycles. The van der Waals surface area contributed by atoms with Crippen LogP contribution in [0.25, 0.3) is 0 Å². The van der Waals surface area contributed by atoms with E-state index in [9.17, 15) is 5.11 Å². The lowest BCUT2D eigenvalue weighted by atomic mass is 9.78. The van der Waals surface area contributed by atoms with E-state index in [1.165, 1.54) is 0 Å². The summed E-state index contributed by atoms with van der Waals surface area (Å²) in [5.41, 5.74) is 1.75. The van der Waals surface area contributed by atoms with E-state index in [1.54, 1.807) is 14.2 Å². The zero-order valence-corrected chi connectivity index (χ0v) is 12.8. The van der Waals surface area contributed by atoms with Crippen LogP contribution in [0, 0.1) is 0 Å². The quantitative estimate of drug-likeness (QED) is 0.886. The van der Waals surface area contributed by atoms with Gasteiger partial charge in [-0.05, 0) is 35.7 Å². The van der Waals surface area contributed by atoms with Crippen molar-refractivity contribution in [2.45, 2.75) is 18.8 Å². The molecule has 0 spiro atoms. The largest absolute Gasteiger partial charge is 0.497 e. The highest BCUT2D eigenvalue weighted by Crippen LogP contribution is 2.32. The first kappa shape index (κ1) is 15.4. The van der Waals surface area contributed by atoms with Gasteiger partial charge >= 0.3 is 0 Å². The average molecular weight is 286 g/mol. The van der Waals surface area contributed by atoms with Gasteiger partial charge in [-0.3, -0.25) is 0 Å². The van der Waals surface area contributed by atoms with Crippen molar-refractivity contribution in [2.24, 2.45) is 0 Å². The van der Waals surface area contributed by atoms with Crippen LogP contribution in [0.3, 0.4) is 0 Å². The number of aliphatic hydroxyl groups excluding tert-OH is 1. The number of aliphatic hydroxyl groups is 1. The second-order valence-electron chi connectivity index (χ2n) is 5.44. The van der Waals surface area contributed by atoms with E-state index < -0.39 is 0 Å². The summed E-state index contributed by atoms with van der Waals surface area (Å²) in [6.07, 6.45) is 0.695. The molecule has 1 unspecified atom stereocenters. The molecule has 21 heavy (non-hydrogen) atoms. The van der Waals surface area contributed by atoms with Crippen molar-refractivity contribution < 1.29 is 14.6 Å². The van der Waals surface area contributed by atoms with Gasteiger partial charge in [0, 0.05) is 5.41 Å². The summed E-state index contributed by atoms with van der Waals surface area (Å²) in [5, 5.41) is 9.95. The van der Waals surface area contributed by atoms with Gasteiger partial charge in [0.2, 0.25) is 0 Å². The number of benzene rings is 2. The average Bonchev–Trinajstić information content (AvgIpc) is 2.55. The van der Waals surface area contributed by atoms with Gasteiger partial charge in [-0.25, -0.2) is 0 Å².